The zero-order valence-corrected chi connectivity index (χ0v) is 10.7. The first-order chi connectivity index (χ1) is 8.72. The summed E-state index contributed by atoms with van der Waals surface area (Å²) in [7, 11) is 0. The number of rotatable bonds is 4. The monoisotopic (exact) mass is 265 g/mol. The molecule has 0 radical (unpaired) electrons. The zero-order valence-electron chi connectivity index (χ0n) is 9.95. The summed E-state index contributed by atoms with van der Waals surface area (Å²) in [6.45, 7) is 2.89. The molecule has 1 aromatic carbocycles. The highest BCUT2D eigenvalue weighted by molar-refractivity contribution is 6.33. The largest absolute Gasteiger partial charge is 0.369 e. The predicted octanol–water partition coefficient (Wildman–Crippen LogP) is 3.76. The normalized spacial score (nSPS) is 10.4. The van der Waals surface area contributed by atoms with Crippen LogP contribution >= 0.6 is 11.6 Å². The van der Waals surface area contributed by atoms with Crippen LogP contribution in [-0.2, 0) is 0 Å². The third-order valence-corrected chi connectivity index (χ3v) is 2.74. The Morgan fingerprint density at radius 3 is 2.72 bits per heavy atom. The average Bonchev–Trinajstić information content (AvgIpc) is 2.37. The molecule has 0 atom stereocenters. The molecule has 94 valence electrons. The number of nitrogens with zero attached hydrogens (tertiary/aromatic N) is 2. The van der Waals surface area contributed by atoms with Gasteiger partial charge in [0.05, 0.1) is 28.7 Å². The standard InChI is InChI=1S/C13H13ClFN3/c1-2-6-16-12-8-17-11(7-18-12)13-9(14)4-3-5-10(13)15/h3-5,7-8H,2,6H2,1H3,(H,16,18). The molecular weight excluding hydrogens is 253 g/mol. The molecule has 0 spiro atoms. The smallest absolute Gasteiger partial charge is 0.144 e. The molecule has 2 aromatic rings. The topological polar surface area (TPSA) is 37.8 Å². The van der Waals surface area contributed by atoms with Crippen LogP contribution in [0.4, 0.5) is 10.2 Å². The van der Waals surface area contributed by atoms with E-state index in [-0.39, 0.29) is 5.56 Å². The van der Waals surface area contributed by atoms with Gasteiger partial charge in [0.2, 0.25) is 0 Å². The lowest BCUT2D eigenvalue weighted by molar-refractivity contribution is 0.630. The Hall–Kier alpha value is -1.68. The number of hydrogen-bond donors (Lipinski definition) is 1. The fraction of sp³-hybridized carbons (Fsp3) is 0.231. The second-order valence-corrected chi connectivity index (χ2v) is 4.22. The van der Waals surface area contributed by atoms with Crippen molar-refractivity contribution in [2.45, 2.75) is 13.3 Å². The molecule has 1 N–H and O–H groups in total. The van der Waals surface area contributed by atoms with Gasteiger partial charge in [0.15, 0.2) is 0 Å². The molecule has 3 nitrogen and oxygen atoms in total. The van der Waals surface area contributed by atoms with E-state index in [1.54, 1.807) is 18.3 Å². The van der Waals surface area contributed by atoms with E-state index >= 15 is 0 Å². The Morgan fingerprint density at radius 1 is 1.28 bits per heavy atom. The fourth-order valence-electron chi connectivity index (χ4n) is 1.54. The van der Waals surface area contributed by atoms with Crippen molar-refractivity contribution in [2.24, 2.45) is 0 Å². The predicted molar refractivity (Wildman–Crippen MR) is 71.2 cm³/mol. The maximum atomic E-state index is 13.7. The molecule has 0 fully saturated rings. The van der Waals surface area contributed by atoms with E-state index in [1.807, 2.05) is 0 Å². The quantitative estimate of drug-likeness (QED) is 0.915. The van der Waals surface area contributed by atoms with Gasteiger partial charge >= 0.3 is 0 Å². The molecule has 1 aromatic heterocycles. The highest BCUT2D eigenvalue weighted by Gasteiger charge is 2.11. The second-order valence-electron chi connectivity index (χ2n) is 3.81. The van der Waals surface area contributed by atoms with Crippen LogP contribution in [0.3, 0.4) is 0 Å². The first-order valence-electron chi connectivity index (χ1n) is 5.72. The van der Waals surface area contributed by atoms with Crippen molar-refractivity contribution in [3.8, 4) is 11.3 Å². The van der Waals surface area contributed by atoms with Crippen LogP contribution in [0.1, 0.15) is 13.3 Å². The van der Waals surface area contributed by atoms with Crippen molar-refractivity contribution in [2.75, 3.05) is 11.9 Å². The fourth-order valence-corrected chi connectivity index (χ4v) is 1.80. The van der Waals surface area contributed by atoms with Gasteiger partial charge in [-0.15, -0.1) is 0 Å². The van der Waals surface area contributed by atoms with Crippen molar-refractivity contribution in [1.82, 2.24) is 9.97 Å². The molecule has 18 heavy (non-hydrogen) atoms. The maximum absolute atomic E-state index is 13.7. The molecule has 0 aliphatic carbocycles. The van der Waals surface area contributed by atoms with Gasteiger partial charge in [-0.2, -0.15) is 0 Å². The Bertz CT molecular complexity index is 508. The SMILES string of the molecule is CCCNc1cnc(-c2c(F)cccc2Cl)cn1. The highest BCUT2D eigenvalue weighted by atomic mass is 35.5. The minimum Gasteiger partial charge on any atom is -0.369 e. The molecular formula is C13H13ClFN3. The number of benzene rings is 1. The van der Waals surface area contributed by atoms with E-state index in [9.17, 15) is 4.39 Å². The number of anilines is 1. The van der Waals surface area contributed by atoms with Crippen LogP contribution in [0.15, 0.2) is 30.6 Å². The van der Waals surface area contributed by atoms with Gasteiger partial charge in [-0.25, -0.2) is 9.37 Å². The van der Waals surface area contributed by atoms with Crippen LogP contribution in [-0.4, -0.2) is 16.5 Å². The van der Waals surface area contributed by atoms with Gasteiger partial charge < -0.3 is 5.32 Å². The Labute approximate surface area is 110 Å². The minimum atomic E-state index is -0.397. The summed E-state index contributed by atoms with van der Waals surface area (Å²) < 4.78 is 13.7. The van der Waals surface area contributed by atoms with Crippen LogP contribution in [0.25, 0.3) is 11.3 Å². The molecule has 0 unspecified atom stereocenters. The van der Waals surface area contributed by atoms with Crippen LogP contribution < -0.4 is 5.32 Å². The van der Waals surface area contributed by atoms with Crippen molar-refractivity contribution in [3.63, 3.8) is 0 Å². The molecule has 1 heterocycles. The van der Waals surface area contributed by atoms with Crippen molar-refractivity contribution in [1.29, 1.82) is 0 Å². The highest BCUT2D eigenvalue weighted by Crippen LogP contribution is 2.28. The lowest BCUT2D eigenvalue weighted by Gasteiger charge is -2.06. The van der Waals surface area contributed by atoms with Gasteiger partial charge in [-0.1, -0.05) is 24.6 Å². The van der Waals surface area contributed by atoms with Gasteiger partial charge in [0, 0.05) is 6.54 Å². The van der Waals surface area contributed by atoms with Crippen molar-refractivity contribution in [3.05, 3.63) is 41.4 Å². The molecule has 0 aliphatic rings. The number of aromatic nitrogens is 2. The van der Waals surface area contributed by atoms with E-state index in [4.69, 9.17) is 11.6 Å². The average molecular weight is 266 g/mol. The first kappa shape index (κ1) is 12.8. The molecule has 0 saturated heterocycles. The Kier molecular flexibility index (Phi) is 4.10. The number of halogens is 2. The van der Waals surface area contributed by atoms with Crippen molar-refractivity contribution >= 4 is 17.4 Å². The van der Waals surface area contributed by atoms with Gasteiger partial charge in [0.1, 0.15) is 11.6 Å². The van der Waals surface area contributed by atoms with E-state index in [0.717, 1.165) is 13.0 Å². The summed E-state index contributed by atoms with van der Waals surface area (Å²) in [5, 5.41) is 3.43. The third-order valence-electron chi connectivity index (χ3n) is 2.43. The Morgan fingerprint density at radius 2 is 2.11 bits per heavy atom. The van der Waals surface area contributed by atoms with E-state index in [2.05, 4.69) is 22.2 Å². The van der Waals surface area contributed by atoms with E-state index < -0.39 is 5.82 Å². The lowest BCUT2D eigenvalue weighted by Crippen LogP contribution is -2.02. The van der Waals surface area contributed by atoms with E-state index in [1.165, 1.54) is 12.3 Å². The summed E-state index contributed by atoms with van der Waals surface area (Å²) in [5.41, 5.74) is 0.717. The van der Waals surface area contributed by atoms with Crippen LogP contribution in [0.5, 0.6) is 0 Å². The molecule has 0 bridgehead atoms. The van der Waals surface area contributed by atoms with Gasteiger partial charge in [-0.05, 0) is 18.6 Å². The lowest BCUT2D eigenvalue weighted by atomic mass is 10.1. The van der Waals surface area contributed by atoms with E-state index in [0.29, 0.717) is 16.5 Å². The molecule has 5 heteroatoms. The summed E-state index contributed by atoms with van der Waals surface area (Å²) in [6.07, 6.45) is 4.10. The molecule has 0 amide bonds. The second kappa shape index (κ2) is 5.78. The summed E-state index contributed by atoms with van der Waals surface area (Å²) in [4.78, 5) is 8.35. The summed E-state index contributed by atoms with van der Waals surface area (Å²) in [6, 6.07) is 4.54. The maximum Gasteiger partial charge on any atom is 0.144 e. The van der Waals surface area contributed by atoms with Gasteiger partial charge in [0.25, 0.3) is 0 Å². The first-order valence-corrected chi connectivity index (χ1v) is 6.10. The summed E-state index contributed by atoms with van der Waals surface area (Å²) in [5.74, 6) is 0.277. The van der Waals surface area contributed by atoms with Crippen LogP contribution in [0, 0.1) is 5.82 Å². The molecule has 0 aliphatic heterocycles. The molecule has 0 saturated carbocycles. The van der Waals surface area contributed by atoms with Gasteiger partial charge in [-0.3, -0.25) is 4.98 Å². The molecule has 2 rings (SSSR count). The minimum absolute atomic E-state index is 0.286. The summed E-state index contributed by atoms with van der Waals surface area (Å²) >= 11 is 5.96. The van der Waals surface area contributed by atoms with Crippen molar-refractivity contribution < 1.29 is 4.39 Å². The Balaban J connectivity index is 2.29. The zero-order chi connectivity index (χ0) is 13.0. The number of hydrogen-bond acceptors (Lipinski definition) is 3. The van der Waals surface area contributed by atoms with Crippen LogP contribution in [0.2, 0.25) is 5.02 Å². The number of nitrogens with one attached hydrogen (secondary N) is 1. The third kappa shape index (κ3) is 2.76.